The lowest BCUT2D eigenvalue weighted by Gasteiger charge is -2.21. The normalized spacial score (nSPS) is 17.3. The molecule has 0 N–H and O–H groups in total. The predicted octanol–water partition coefficient (Wildman–Crippen LogP) is 2.99. The van der Waals surface area contributed by atoms with Crippen LogP contribution in [0.1, 0.15) is 36.0 Å². The standard InChI is InChI=1S/C13H15O2/c14-13(11-7-3-1-4-8-11)15-12-9-5-2-6-10-12/h1-4,7-8,12H,5-6,9-10H2. The fourth-order valence-electron chi connectivity index (χ4n) is 1.81. The highest BCUT2D eigenvalue weighted by Crippen LogP contribution is 2.20. The number of rotatable bonds is 2. The first-order valence-electron chi connectivity index (χ1n) is 5.44. The molecule has 0 amide bonds. The van der Waals surface area contributed by atoms with E-state index in [2.05, 4.69) is 6.42 Å². The van der Waals surface area contributed by atoms with Crippen LogP contribution >= 0.6 is 0 Å². The Labute approximate surface area is 90.3 Å². The van der Waals surface area contributed by atoms with Gasteiger partial charge < -0.3 is 4.74 Å². The zero-order valence-corrected chi connectivity index (χ0v) is 8.69. The molecule has 1 radical (unpaired) electrons. The lowest BCUT2D eigenvalue weighted by atomic mass is 9.98. The van der Waals surface area contributed by atoms with Crippen LogP contribution in [0.25, 0.3) is 0 Å². The van der Waals surface area contributed by atoms with Gasteiger partial charge in [-0.05, 0) is 44.2 Å². The molecule has 0 aromatic heterocycles. The summed E-state index contributed by atoms with van der Waals surface area (Å²) in [4.78, 5) is 11.7. The Morgan fingerprint density at radius 3 is 2.47 bits per heavy atom. The molecule has 2 nitrogen and oxygen atoms in total. The van der Waals surface area contributed by atoms with Crippen molar-refractivity contribution in [2.45, 2.75) is 31.8 Å². The van der Waals surface area contributed by atoms with Crippen LogP contribution in [-0.4, -0.2) is 12.1 Å². The van der Waals surface area contributed by atoms with E-state index in [-0.39, 0.29) is 12.1 Å². The van der Waals surface area contributed by atoms with Gasteiger partial charge in [0.15, 0.2) is 0 Å². The van der Waals surface area contributed by atoms with Gasteiger partial charge in [0, 0.05) is 0 Å². The molecule has 0 atom stereocenters. The maximum absolute atomic E-state index is 11.7. The Morgan fingerprint density at radius 1 is 1.13 bits per heavy atom. The van der Waals surface area contributed by atoms with E-state index in [1.807, 2.05) is 18.2 Å². The minimum atomic E-state index is -0.192. The molecule has 1 aliphatic carbocycles. The largest absolute Gasteiger partial charge is 0.459 e. The molecular weight excluding hydrogens is 188 g/mol. The van der Waals surface area contributed by atoms with Crippen molar-refractivity contribution in [1.29, 1.82) is 0 Å². The van der Waals surface area contributed by atoms with Gasteiger partial charge in [0.05, 0.1) is 5.56 Å². The van der Waals surface area contributed by atoms with Crippen LogP contribution < -0.4 is 0 Å². The number of carbonyl (C=O) groups excluding carboxylic acids is 1. The Bertz CT molecular complexity index is 313. The fraction of sp³-hybridized carbons (Fsp3) is 0.385. The Kier molecular flexibility index (Phi) is 3.38. The summed E-state index contributed by atoms with van der Waals surface area (Å²) in [5.74, 6) is -0.192. The van der Waals surface area contributed by atoms with Crippen molar-refractivity contribution in [3.63, 3.8) is 0 Å². The molecule has 0 spiro atoms. The molecule has 2 rings (SSSR count). The third-order valence-corrected chi connectivity index (χ3v) is 2.67. The zero-order chi connectivity index (χ0) is 10.5. The van der Waals surface area contributed by atoms with Crippen molar-refractivity contribution in [1.82, 2.24) is 0 Å². The van der Waals surface area contributed by atoms with Crippen molar-refractivity contribution < 1.29 is 9.53 Å². The molecule has 0 saturated heterocycles. The summed E-state index contributed by atoms with van der Waals surface area (Å²) in [6.45, 7) is 0. The molecule has 0 bridgehead atoms. The molecule has 0 aliphatic heterocycles. The van der Waals surface area contributed by atoms with Crippen LogP contribution in [0.5, 0.6) is 0 Å². The highest BCUT2D eigenvalue weighted by atomic mass is 16.5. The van der Waals surface area contributed by atoms with Gasteiger partial charge in [-0.1, -0.05) is 18.2 Å². The number of ether oxygens (including phenoxy) is 1. The lowest BCUT2D eigenvalue weighted by molar-refractivity contribution is 0.0236. The maximum atomic E-state index is 11.7. The summed E-state index contributed by atoms with van der Waals surface area (Å²) in [5.41, 5.74) is 0.645. The van der Waals surface area contributed by atoms with Gasteiger partial charge >= 0.3 is 5.97 Å². The average molecular weight is 203 g/mol. The van der Waals surface area contributed by atoms with E-state index in [9.17, 15) is 4.79 Å². The Morgan fingerprint density at radius 2 is 1.80 bits per heavy atom. The summed E-state index contributed by atoms with van der Waals surface area (Å²) < 4.78 is 5.42. The summed E-state index contributed by atoms with van der Waals surface area (Å²) >= 11 is 0. The quantitative estimate of drug-likeness (QED) is 0.691. The zero-order valence-electron chi connectivity index (χ0n) is 8.69. The molecule has 0 heterocycles. The second kappa shape index (κ2) is 4.96. The van der Waals surface area contributed by atoms with Crippen LogP contribution in [-0.2, 0) is 4.74 Å². The van der Waals surface area contributed by atoms with E-state index in [4.69, 9.17) is 4.74 Å². The van der Waals surface area contributed by atoms with Gasteiger partial charge in [0.25, 0.3) is 0 Å². The van der Waals surface area contributed by atoms with Gasteiger partial charge in [-0.15, -0.1) is 0 Å². The van der Waals surface area contributed by atoms with E-state index in [1.54, 1.807) is 12.1 Å². The van der Waals surface area contributed by atoms with Crippen LogP contribution in [0.15, 0.2) is 30.3 Å². The molecule has 15 heavy (non-hydrogen) atoms. The van der Waals surface area contributed by atoms with Crippen molar-refractivity contribution in [2.75, 3.05) is 0 Å². The SMILES string of the molecule is O=C(OC1CC[CH]CC1)c1ccccc1. The van der Waals surface area contributed by atoms with E-state index in [1.165, 1.54) is 0 Å². The molecule has 1 aromatic carbocycles. The molecule has 2 heteroatoms. The first-order valence-corrected chi connectivity index (χ1v) is 5.44. The number of esters is 1. The van der Waals surface area contributed by atoms with Crippen LogP contribution in [0.2, 0.25) is 0 Å². The smallest absolute Gasteiger partial charge is 0.338 e. The Balaban J connectivity index is 1.91. The van der Waals surface area contributed by atoms with Crippen molar-refractivity contribution in [2.24, 2.45) is 0 Å². The number of carbonyl (C=O) groups is 1. The third kappa shape index (κ3) is 2.82. The van der Waals surface area contributed by atoms with Crippen molar-refractivity contribution >= 4 is 5.97 Å². The molecular formula is C13H15O2. The molecule has 1 saturated carbocycles. The fourth-order valence-corrected chi connectivity index (χ4v) is 1.81. The highest BCUT2D eigenvalue weighted by Gasteiger charge is 2.18. The second-order valence-electron chi connectivity index (χ2n) is 3.84. The summed E-state index contributed by atoms with van der Waals surface area (Å²) in [5, 5.41) is 0. The van der Waals surface area contributed by atoms with Gasteiger partial charge in [0.2, 0.25) is 0 Å². The first kappa shape index (κ1) is 10.2. The number of hydrogen-bond donors (Lipinski definition) is 0. The summed E-state index contributed by atoms with van der Waals surface area (Å²) in [6.07, 6.45) is 6.44. The summed E-state index contributed by atoms with van der Waals surface area (Å²) in [6, 6.07) is 9.18. The molecule has 79 valence electrons. The first-order chi connectivity index (χ1) is 7.36. The third-order valence-electron chi connectivity index (χ3n) is 2.67. The maximum Gasteiger partial charge on any atom is 0.338 e. The van der Waals surface area contributed by atoms with Gasteiger partial charge in [0.1, 0.15) is 6.10 Å². The van der Waals surface area contributed by atoms with Gasteiger partial charge in [-0.3, -0.25) is 0 Å². The molecule has 1 fully saturated rings. The van der Waals surface area contributed by atoms with Crippen molar-refractivity contribution in [3.8, 4) is 0 Å². The van der Waals surface area contributed by atoms with Gasteiger partial charge in [-0.25, -0.2) is 4.79 Å². The van der Waals surface area contributed by atoms with Crippen LogP contribution in [0, 0.1) is 6.42 Å². The summed E-state index contributed by atoms with van der Waals surface area (Å²) in [7, 11) is 0. The van der Waals surface area contributed by atoms with E-state index in [0.717, 1.165) is 25.7 Å². The minimum absolute atomic E-state index is 0.114. The lowest BCUT2D eigenvalue weighted by Crippen LogP contribution is -2.21. The second-order valence-corrected chi connectivity index (χ2v) is 3.84. The van der Waals surface area contributed by atoms with Crippen molar-refractivity contribution in [3.05, 3.63) is 42.3 Å². The van der Waals surface area contributed by atoms with Crippen LogP contribution in [0.4, 0.5) is 0 Å². The van der Waals surface area contributed by atoms with E-state index < -0.39 is 0 Å². The minimum Gasteiger partial charge on any atom is -0.459 e. The molecule has 1 aromatic rings. The number of benzene rings is 1. The van der Waals surface area contributed by atoms with Gasteiger partial charge in [-0.2, -0.15) is 0 Å². The van der Waals surface area contributed by atoms with Crippen LogP contribution in [0.3, 0.4) is 0 Å². The predicted molar refractivity (Wildman–Crippen MR) is 58.4 cm³/mol. The number of hydrogen-bond acceptors (Lipinski definition) is 2. The average Bonchev–Trinajstić information content (AvgIpc) is 2.31. The van der Waals surface area contributed by atoms with E-state index in [0.29, 0.717) is 5.56 Å². The molecule has 0 unspecified atom stereocenters. The monoisotopic (exact) mass is 203 g/mol. The highest BCUT2D eigenvalue weighted by molar-refractivity contribution is 5.89. The van der Waals surface area contributed by atoms with E-state index >= 15 is 0 Å². The Hall–Kier alpha value is -1.31. The molecule has 1 aliphatic rings. The topological polar surface area (TPSA) is 26.3 Å².